The maximum atomic E-state index is 12.4. The van der Waals surface area contributed by atoms with Crippen LogP contribution in [0, 0.1) is 0 Å². The highest BCUT2D eigenvalue weighted by Gasteiger charge is 2.27. The number of nitrogens with zero attached hydrogens (tertiary/aromatic N) is 2. The predicted molar refractivity (Wildman–Crippen MR) is 89.0 cm³/mol. The molecule has 0 radical (unpaired) electrons. The quantitative estimate of drug-likeness (QED) is 0.883. The number of fused-ring (bicyclic) bond motifs is 1. The molecule has 6 heteroatoms. The molecule has 0 spiro atoms. The molecule has 0 bridgehead atoms. The van der Waals surface area contributed by atoms with Crippen molar-refractivity contribution >= 4 is 39.2 Å². The van der Waals surface area contributed by atoms with Crippen LogP contribution in [0.3, 0.4) is 0 Å². The molecule has 112 valence electrons. The Morgan fingerprint density at radius 1 is 1.48 bits per heavy atom. The highest BCUT2D eigenvalue weighted by Crippen LogP contribution is 2.29. The number of hydrogen-bond acceptors (Lipinski definition) is 5. The van der Waals surface area contributed by atoms with Gasteiger partial charge in [0.1, 0.15) is 0 Å². The van der Waals surface area contributed by atoms with Gasteiger partial charge in [-0.15, -0.1) is 11.3 Å². The van der Waals surface area contributed by atoms with Crippen LogP contribution in [-0.4, -0.2) is 46.7 Å². The number of hydrogen-bond donors (Lipinski definition) is 1. The summed E-state index contributed by atoms with van der Waals surface area (Å²) < 4.78 is 2.15. The highest BCUT2D eigenvalue weighted by atomic mass is 32.2. The zero-order chi connectivity index (χ0) is 14.8. The van der Waals surface area contributed by atoms with Gasteiger partial charge in [0, 0.05) is 25.2 Å². The molecule has 1 fully saturated rings. The van der Waals surface area contributed by atoms with Crippen LogP contribution >= 0.6 is 23.1 Å². The molecule has 1 aliphatic rings. The summed E-state index contributed by atoms with van der Waals surface area (Å²) in [4.78, 5) is 18.9. The molecule has 1 saturated heterocycles. The van der Waals surface area contributed by atoms with Crippen LogP contribution in [0.4, 0.5) is 0 Å². The van der Waals surface area contributed by atoms with Crippen LogP contribution in [0.5, 0.6) is 0 Å². The summed E-state index contributed by atoms with van der Waals surface area (Å²) in [6, 6.07) is 8.70. The number of para-hydroxylation sites is 1. The number of carbonyl (C=O) groups excluding carboxylic acids is 1. The molecule has 2 atom stereocenters. The van der Waals surface area contributed by atoms with Crippen LogP contribution in [0.15, 0.2) is 28.6 Å². The first-order chi connectivity index (χ1) is 10.1. The highest BCUT2D eigenvalue weighted by molar-refractivity contribution is 8.01. The fourth-order valence-corrected chi connectivity index (χ4v) is 4.48. The Morgan fingerprint density at radius 3 is 3.10 bits per heavy atom. The number of benzene rings is 1. The molecule has 0 aliphatic carbocycles. The van der Waals surface area contributed by atoms with E-state index < -0.39 is 0 Å². The van der Waals surface area contributed by atoms with Gasteiger partial charge in [0.15, 0.2) is 4.34 Å². The van der Waals surface area contributed by atoms with Gasteiger partial charge in [0.05, 0.1) is 16.0 Å². The average Bonchev–Trinajstić information content (AvgIpc) is 2.90. The van der Waals surface area contributed by atoms with Gasteiger partial charge in [0.25, 0.3) is 0 Å². The first kappa shape index (κ1) is 14.8. The number of nitrogens with one attached hydrogen (secondary N) is 1. The molecule has 21 heavy (non-hydrogen) atoms. The third kappa shape index (κ3) is 3.22. The van der Waals surface area contributed by atoms with Crippen molar-refractivity contribution in [2.75, 3.05) is 18.8 Å². The minimum absolute atomic E-state index is 0.208. The van der Waals surface area contributed by atoms with E-state index in [1.165, 1.54) is 4.70 Å². The average molecular weight is 321 g/mol. The van der Waals surface area contributed by atoms with E-state index in [1.807, 2.05) is 23.1 Å². The maximum Gasteiger partial charge on any atom is 0.233 e. The molecule has 1 amide bonds. The Morgan fingerprint density at radius 2 is 2.29 bits per heavy atom. The topological polar surface area (TPSA) is 45.2 Å². The van der Waals surface area contributed by atoms with E-state index in [0.29, 0.717) is 11.8 Å². The van der Waals surface area contributed by atoms with E-state index in [-0.39, 0.29) is 11.9 Å². The largest absolute Gasteiger partial charge is 0.336 e. The zero-order valence-corrected chi connectivity index (χ0v) is 13.8. The Hall–Kier alpha value is -1.11. The van der Waals surface area contributed by atoms with E-state index in [1.54, 1.807) is 23.1 Å². The van der Waals surface area contributed by atoms with Gasteiger partial charge in [-0.1, -0.05) is 23.9 Å². The Kier molecular flexibility index (Phi) is 4.47. The number of piperazine rings is 1. The van der Waals surface area contributed by atoms with Gasteiger partial charge in [-0.05, 0) is 26.0 Å². The van der Waals surface area contributed by atoms with Crippen LogP contribution in [-0.2, 0) is 4.79 Å². The lowest BCUT2D eigenvalue weighted by molar-refractivity contribution is -0.131. The number of amides is 1. The molecule has 3 rings (SSSR count). The van der Waals surface area contributed by atoms with Crippen molar-refractivity contribution in [2.24, 2.45) is 0 Å². The van der Waals surface area contributed by atoms with Gasteiger partial charge in [-0.3, -0.25) is 4.79 Å². The minimum atomic E-state index is 0.208. The molecule has 1 aromatic carbocycles. The smallest absolute Gasteiger partial charge is 0.233 e. The first-order valence-corrected chi connectivity index (χ1v) is 8.96. The van der Waals surface area contributed by atoms with Crippen LogP contribution in [0.2, 0.25) is 0 Å². The standard InChI is InChI=1S/C15H19N3OS2/c1-10-11(2)18(8-7-16-10)14(19)9-20-15-17-12-5-3-4-6-13(12)21-15/h3-6,10-11,16H,7-9H2,1-2H3. The first-order valence-electron chi connectivity index (χ1n) is 7.16. The van der Waals surface area contributed by atoms with Crippen molar-refractivity contribution in [3.05, 3.63) is 24.3 Å². The van der Waals surface area contributed by atoms with Crippen molar-refractivity contribution in [3.63, 3.8) is 0 Å². The fraction of sp³-hybridized carbons (Fsp3) is 0.467. The van der Waals surface area contributed by atoms with Crippen molar-refractivity contribution in [2.45, 2.75) is 30.3 Å². The lowest BCUT2D eigenvalue weighted by Gasteiger charge is -2.38. The number of thiazole rings is 1. The molecule has 0 saturated carbocycles. The monoisotopic (exact) mass is 321 g/mol. The molecule has 4 nitrogen and oxygen atoms in total. The summed E-state index contributed by atoms with van der Waals surface area (Å²) in [5.74, 6) is 0.678. The normalized spacial score (nSPS) is 22.7. The molecule has 1 aromatic heterocycles. The number of aromatic nitrogens is 1. The Labute approximate surface area is 132 Å². The van der Waals surface area contributed by atoms with E-state index in [4.69, 9.17) is 0 Å². The molecule has 1 aliphatic heterocycles. The van der Waals surface area contributed by atoms with Gasteiger partial charge in [-0.25, -0.2) is 4.98 Å². The Bertz CT molecular complexity index is 610. The lowest BCUT2D eigenvalue weighted by Crippen LogP contribution is -2.57. The molecular formula is C15H19N3OS2. The summed E-state index contributed by atoms with van der Waals surface area (Å²) in [7, 11) is 0. The summed E-state index contributed by atoms with van der Waals surface area (Å²) in [6.07, 6.45) is 0. The molecular weight excluding hydrogens is 302 g/mol. The number of rotatable bonds is 3. The third-order valence-corrected chi connectivity index (χ3v) is 6.11. The molecule has 2 aromatic rings. The number of thioether (sulfide) groups is 1. The van der Waals surface area contributed by atoms with Crippen molar-refractivity contribution in [1.82, 2.24) is 15.2 Å². The van der Waals surface area contributed by atoms with E-state index in [2.05, 4.69) is 30.2 Å². The fourth-order valence-electron chi connectivity index (χ4n) is 2.53. The zero-order valence-electron chi connectivity index (χ0n) is 12.2. The molecule has 1 N–H and O–H groups in total. The number of carbonyl (C=O) groups is 1. The van der Waals surface area contributed by atoms with Crippen LogP contribution in [0.25, 0.3) is 10.2 Å². The SMILES string of the molecule is CC1NCCN(C(=O)CSc2nc3ccccc3s2)C1C. The Balaban J connectivity index is 1.62. The van der Waals surface area contributed by atoms with Crippen molar-refractivity contribution < 1.29 is 4.79 Å². The van der Waals surface area contributed by atoms with Gasteiger partial charge in [0.2, 0.25) is 5.91 Å². The van der Waals surface area contributed by atoms with Crippen molar-refractivity contribution in [3.8, 4) is 0 Å². The maximum absolute atomic E-state index is 12.4. The summed E-state index contributed by atoms with van der Waals surface area (Å²) in [5.41, 5.74) is 1.02. The second-order valence-electron chi connectivity index (χ2n) is 5.31. The van der Waals surface area contributed by atoms with Crippen LogP contribution < -0.4 is 5.32 Å². The van der Waals surface area contributed by atoms with E-state index in [0.717, 1.165) is 22.9 Å². The molecule has 2 heterocycles. The summed E-state index contributed by atoms with van der Waals surface area (Å²) >= 11 is 3.20. The van der Waals surface area contributed by atoms with E-state index >= 15 is 0 Å². The summed E-state index contributed by atoms with van der Waals surface area (Å²) in [5, 5.41) is 3.40. The van der Waals surface area contributed by atoms with Crippen LogP contribution in [0.1, 0.15) is 13.8 Å². The van der Waals surface area contributed by atoms with Gasteiger partial charge >= 0.3 is 0 Å². The second kappa shape index (κ2) is 6.34. The lowest BCUT2D eigenvalue weighted by atomic mass is 10.1. The van der Waals surface area contributed by atoms with E-state index in [9.17, 15) is 4.79 Å². The van der Waals surface area contributed by atoms with Gasteiger partial charge < -0.3 is 10.2 Å². The third-order valence-electron chi connectivity index (χ3n) is 3.95. The molecule has 2 unspecified atom stereocenters. The predicted octanol–water partition coefficient (Wildman–Crippen LogP) is 2.60. The summed E-state index contributed by atoms with van der Waals surface area (Å²) in [6.45, 7) is 5.91. The van der Waals surface area contributed by atoms with Gasteiger partial charge in [-0.2, -0.15) is 0 Å². The minimum Gasteiger partial charge on any atom is -0.336 e. The second-order valence-corrected chi connectivity index (χ2v) is 7.56. The van der Waals surface area contributed by atoms with Crippen molar-refractivity contribution in [1.29, 1.82) is 0 Å².